The molecule has 0 saturated carbocycles. The molecule has 5 nitrogen and oxygen atoms in total. The average molecular weight is 382 g/mol. The van der Waals surface area contributed by atoms with Gasteiger partial charge in [0.15, 0.2) is 0 Å². The van der Waals surface area contributed by atoms with E-state index >= 15 is 0 Å². The Bertz CT molecular complexity index is 823. The fraction of sp³-hybridized carbons (Fsp3) is 0.389. The van der Waals surface area contributed by atoms with Crippen molar-refractivity contribution in [1.82, 2.24) is 20.4 Å². The molecule has 0 bridgehead atoms. The SMILES string of the molecule is Cc1cc(-c2ccc(C(F)(F)F)cc2)nc([C@@H]2CCC(=O)N(F)CCN2)n1. The van der Waals surface area contributed by atoms with Gasteiger partial charge in [-0.05, 0) is 31.5 Å². The molecule has 1 aromatic carbocycles. The average Bonchev–Trinajstić information content (AvgIpc) is 2.61. The van der Waals surface area contributed by atoms with E-state index in [0.717, 1.165) is 12.1 Å². The zero-order valence-electron chi connectivity index (χ0n) is 14.6. The Morgan fingerprint density at radius 1 is 1.19 bits per heavy atom. The molecule has 2 heterocycles. The third kappa shape index (κ3) is 4.60. The van der Waals surface area contributed by atoms with Crippen molar-refractivity contribution in [2.45, 2.75) is 32.0 Å². The minimum Gasteiger partial charge on any atom is -0.305 e. The van der Waals surface area contributed by atoms with Crippen LogP contribution >= 0.6 is 0 Å². The van der Waals surface area contributed by atoms with Crippen LogP contribution in [0.15, 0.2) is 30.3 Å². The summed E-state index contributed by atoms with van der Waals surface area (Å²) in [6.07, 6.45) is -4.05. The molecular formula is C18H18F4N4O. The van der Waals surface area contributed by atoms with Crippen LogP contribution in [0.3, 0.4) is 0 Å². The zero-order valence-corrected chi connectivity index (χ0v) is 14.6. The van der Waals surface area contributed by atoms with Crippen LogP contribution in [0.4, 0.5) is 17.7 Å². The first-order valence-corrected chi connectivity index (χ1v) is 8.47. The third-order valence-electron chi connectivity index (χ3n) is 4.31. The lowest BCUT2D eigenvalue weighted by Crippen LogP contribution is -2.37. The highest BCUT2D eigenvalue weighted by molar-refractivity contribution is 5.75. The van der Waals surface area contributed by atoms with Gasteiger partial charge in [-0.25, -0.2) is 9.97 Å². The second-order valence-electron chi connectivity index (χ2n) is 6.35. The van der Waals surface area contributed by atoms with Gasteiger partial charge in [0.2, 0.25) is 5.91 Å². The Balaban J connectivity index is 1.87. The summed E-state index contributed by atoms with van der Waals surface area (Å²) >= 11 is 0. The molecule has 1 saturated heterocycles. The second-order valence-corrected chi connectivity index (χ2v) is 6.35. The van der Waals surface area contributed by atoms with Gasteiger partial charge in [-0.3, -0.25) is 4.79 Å². The van der Waals surface area contributed by atoms with Gasteiger partial charge in [0.25, 0.3) is 0 Å². The number of carbonyl (C=O) groups is 1. The molecule has 27 heavy (non-hydrogen) atoms. The smallest absolute Gasteiger partial charge is 0.305 e. The van der Waals surface area contributed by atoms with Gasteiger partial charge in [0.05, 0.1) is 23.8 Å². The molecule has 1 fully saturated rings. The van der Waals surface area contributed by atoms with Gasteiger partial charge < -0.3 is 5.32 Å². The van der Waals surface area contributed by atoms with Crippen LogP contribution in [-0.4, -0.2) is 34.1 Å². The summed E-state index contributed by atoms with van der Waals surface area (Å²) < 4.78 is 51.5. The van der Waals surface area contributed by atoms with Crippen molar-refractivity contribution in [3.63, 3.8) is 0 Å². The molecule has 1 atom stereocenters. The molecule has 1 aliphatic rings. The van der Waals surface area contributed by atoms with E-state index in [2.05, 4.69) is 15.3 Å². The third-order valence-corrected chi connectivity index (χ3v) is 4.31. The normalized spacial score (nSPS) is 18.9. The highest BCUT2D eigenvalue weighted by Crippen LogP contribution is 2.31. The number of aromatic nitrogens is 2. The number of nitrogens with zero attached hydrogens (tertiary/aromatic N) is 3. The lowest BCUT2D eigenvalue weighted by molar-refractivity contribution is -0.147. The lowest BCUT2D eigenvalue weighted by Gasteiger charge is -2.23. The predicted octanol–water partition coefficient (Wildman–Crippen LogP) is 3.61. The Morgan fingerprint density at radius 2 is 1.89 bits per heavy atom. The summed E-state index contributed by atoms with van der Waals surface area (Å²) in [7, 11) is 0. The van der Waals surface area contributed by atoms with E-state index in [-0.39, 0.29) is 30.7 Å². The Hall–Kier alpha value is -2.55. The molecule has 1 amide bonds. The molecule has 2 aromatic rings. The van der Waals surface area contributed by atoms with E-state index in [1.165, 1.54) is 12.1 Å². The summed E-state index contributed by atoms with van der Waals surface area (Å²) in [4.78, 5) is 20.4. The number of carbonyl (C=O) groups excluding carboxylic acids is 1. The maximum Gasteiger partial charge on any atom is 0.416 e. The Morgan fingerprint density at radius 3 is 2.56 bits per heavy atom. The Labute approximate surface area is 153 Å². The number of aryl methyl sites for hydroxylation is 1. The number of hydrogen-bond donors (Lipinski definition) is 1. The fourth-order valence-corrected chi connectivity index (χ4v) is 2.90. The minimum atomic E-state index is -4.40. The van der Waals surface area contributed by atoms with Gasteiger partial charge in [0.1, 0.15) is 5.82 Å². The monoisotopic (exact) mass is 382 g/mol. The molecule has 0 radical (unpaired) electrons. The summed E-state index contributed by atoms with van der Waals surface area (Å²) in [5.74, 6) is -0.151. The van der Waals surface area contributed by atoms with Gasteiger partial charge >= 0.3 is 6.18 Å². The molecule has 3 rings (SSSR count). The minimum absolute atomic E-state index is 0.0150. The van der Waals surface area contributed by atoms with Gasteiger partial charge in [-0.15, -0.1) is 0 Å². The first kappa shape index (κ1) is 19.2. The number of rotatable bonds is 2. The quantitative estimate of drug-likeness (QED) is 0.637. The van der Waals surface area contributed by atoms with Crippen molar-refractivity contribution in [1.29, 1.82) is 0 Å². The highest BCUT2D eigenvalue weighted by Gasteiger charge is 2.30. The fourth-order valence-electron chi connectivity index (χ4n) is 2.90. The Kier molecular flexibility index (Phi) is 5.41. The number of amides is 1. The molecule has 144 valence electrons. The van der Waals surface area contributed by atoms with Crippen molar-refractivity contribution < 1.29 is 22.4 Å². The molecule has 1 aliphatic heterocycles. The van der Waals surface area contributed by atoms with Crippen LogP contribution in [-0.2, 0) is 11.0 Å². The lowest BCUT2D eigenvalue weighted by atomic mass is 10.1. The summed E-state index contributed by atoms with van der Waals surface area (Å²) in [6, 6.07) is 6.10. The van der Waals surface area contributed by atoms with Crippen LogP contribution in [0.5, 0.6) is 0 Å². The second kappa shape index (κ2) is 7.59. The highest BCUT2D eigenvalue weighted by atomic mass is 19.4. The van der Waals surface area contributed by atoms with Crippen molar-refractivity contribution in [2.24, 2.45) is 0 Å². The van der Waals surface area contributed by atoms with Crippen LogP contribution in [0.1, 0.15) is 36.0 Å². The van der Waals surface area contributed by atoms with E-state index in [9.17, 15) is 22.4 Å². The van der Waals surface area contributed by atoms with E-state index in [1.54, 1.807) is 13.0 Å². The first-order chi connectivity index (χ1) is 12.7. The number of hydrogen-bond acceptors (Lipinski definition) is 4. The van der Waals surface area contributed by atoms with Crippen molar-refractivity contribution in [3.05, 3.63) is 47.4 Å². The van der Waals surface area contributed by atoms with E-state index in [0.29, 0.717) is 29.2 Å². The zero-order chi connectivity index (χ0) is 19.6. The largest absolute Gasteiger partial charge is 0.416 e. The van der Waals surface area contributed by atoms with Crippen LogP contribution in [0.25, 0.3) is 11.3 Å². The summed E-state index contributed by atoms with van der Waals surface area (Å²) in [5.41, 5.74) is 0.950. The van der Waals surface area contributed by atoms with Gasteiger partial charge in [-0.1, -0.05) is 16.6 Å². The van der Waals surface area contributed by atoms with Crippen LogP contribution < -0.4 is 5.32 Å². The number of nitrogens with one attached hydrogen (secondary N) is 1. The summed E-state index contributed by atoms with van der Waals surface area (Å²) in [6.45, 7) is 1.95. The molecule has 1 aromatic heterocycles. The number of benzene rings is 1. The molecule has 0 spiro atoms. The summed E-state index contributed by atoms with van der Waals surface area (Å²) in [5, 5.41) is 3.30. The maximum atomic E-state index is 13.3. The van der Waals surface area contributed by atoms with Gasteiger partial charge in [-0.2, -0.15) is 18.3 Å². The number of halogens is 4. The van der Waals surface area contributed by atoms with Crippen molar-refractivity contribution in [2.75, 3.05) is 13.1 Å². The molecule has 0 aliphatic carbocycles. The van der Waals surface area contributed by atoms with Crippen molar-refractivity contribution in [3.8, 4) is 11.3 Å². The van der Waals surface area contributed by atoms with Crippen LogP contribution in [0.2, 0.25) is 0 Å². The molecule has 9 heteroatoms. The standard InChI is InChI=1S/C18H18F4N4O/c1-11-10-15(12-2-4-13(5-3-12)18(19,20)21)25-17(24-11)14-6-7-16(27)26(22)9-8-23-14/h2-5,10,14,23H,6-9H2,1H3/t14-/m0/s1. The van der Waals surface area contributed by atoms with Crippen LogP contribution in [0, 0.1) is 6.92 Å². The first-order valence-electron chi connectivity index (χ1n) is 8.47. The van der Waals surface area contributed by atoms with Gasteiger partial charge in [0, 0.05) is 24.2 Å². The molecule has 1 N–H and O–H groups in total. The number of alkyl halides is 3. The topological polar surface area (TPSA) is 58.1 Å². The van der Waals surface area contributed by atoms with E-state index in [4.69, 9.17) is 0 Å². The van der Waals surface area contributed by atoms with E-state index in [1.807, 2.05) is 0 Å². The molecular weight excluding hydrogens is 364 g/mol. The predicted molar refractivity (Wildman–Crippen MR) is 90.0 cm³/mol. The van der Waals surface area contributed by atoms with E-state index < -0.39 is 17.6 Å². The van der Waals surface area contributed by atoms with Crippen molar-refractivity contribution >= 4 is 5.91 Å². The maximum absolute atomic E-state index is 13.3. The molecule has 0 unspecified atom stereocenters.